The van der Waals surface area contributed by atoms with Crippen molar-refractivity contribution in [3.63, 3.8) is 0 Å². The highest BCUT2D eigenvalue weighted by Gasteiger charge is 2.01. The van der Waals surface area contributed by atoms with E-state index in [1.54, 1.807) is 18.2 Å². The maximum Gasteiger partial charge on any atom is 0.152 e. The fraction of sp³-hybridized carbons (Fsp3) is 0.200. The van der Waals surface area contributed by atoms with Gasteiger partial charge in [0, 0.05) is 6.42 Å². The lowest BCUT2D eigenvalue weighted by atomic mass is 10.2. The van der Waals surface area contributed by atoms with Crippen molar-refractivity contribution in [2.24, 2.45) is 0 Å². The average Bonchev–Trinajstić information content (AvgIpc) is 2.13. The molecule has 1 rings (SSSR count). The lowest BCUT2D eigenvalue weighted by molar-refractivity contribution is 0.305. The van der Waals surface area contributed by atoms with Gasteiger partial charge in [-0.15, -0.1) is 0 Å². The third kappa shape index (κ3) is 2.83. The lowest BCUT2D eigenvalue weighted by Gasteiger charge is -1.95. The van der Waals surface area contributed by atoms with Crippen LogP contribution in [-0.4, -0.2) is 11.7 Å². The second-order valence-corrected chi connectivity index (χ2v) is 3.23. The molecule has 0 aromatic heterocycles. The Bertz CT molecular complexity index is 352. The van der Waals surface area contributed by atoms with Crippen molar-refractivity contribution in [2.45, 2.75) is 6.42 Å². The van der Waals surface area contributed by atoms with Gasteiger partial charge in [-0.1, -0.05) is 17.9 Å². The van der Waals surface area contributed by atoms with Gasteiger partial charge in [0.1, 0.15) is 0 Å². The zero-order valence-electron chi connectivity index (χ0n) is 6.85. The number of hydrogen-bond acceptors (Lipinski definition) is 1. The van der Waals surface area contributed by atoms with Crippen molar-refractivity contribution in [3.8, 4) is 11.8 Å². The Hall–Kier alpha value is -0.850. The van der Waals surface area contributed by atoms with Crippen LogP contribution in [0.3, 0.4) is 0 Å². The Kier molecular flexibility index (Phi) is 3.94. The number of aliphatic hydroxyl groups is 1. The summed E-state index contributed by atoms with van der Waals surface area (Å²) < 4.78 is 13.6. The van der Waals surface area contributed by atoms with Crippen LogP contribution in [0.1, 0.15) is 12.0 Å². The summed E-state index contributed by atoms with van der Waals surface area (Å²) in [5.41, 5.74) is 0.350. The molecule has 0 aliphatic carbocycles. The van der Waals surface area contributed by atoms with E-state index in [9.17, 15) is 4.39 Å². The molecule has 68 valence electrons. The van der Waals surface area contributed by atoms with Crippen LogP contribution in [-0.2, 0) is 0 Å². The van der Waals surface area contributed by atoms with Crippen molar-refractivity contribution in [1.29, 1.82) is 0 Å². The maximum absolute atomic E-state index is 13.2. The first kappa shape index (κ1) is 10.2. The molecule has 0 saturated heterocycles. The van der Waals surface area contributed by atoms with Gasteiger partial charge in [-0.3, -0.25) is 0 Å². The third-order valence-electron chi connectivity index (χ3n) is 1.41. The van der Waals surface area contributed by atoms with Gasteiger partial charge in [-0.25, -0.2) is 4.39 Å². The zero-order chi connectivity index (χ0) is 9.68. The van der Waals surface area contributed by atoms with Gasteiger partial charge in [0.05, 0.1) is 16.6 Å². The summed E-state index contributed by atoms with van der Waals surface area (Å²) in [7, 11) is 0. The van der Waals surface area contributed by atoms with Gasteiger partial charge in [-0.05, 0) is 28.1 Å². The lowest BCUT2D eigenvalue weighted by Crippen LogP contribution is -1.84. The first-order chi connectivity index (χ1) is 6.25. The van der Waals surface area contributed by atoms with Gasteiger partial charge in [-0.2, -0.15) is 0 Å². The van der Waals surface area contributed by atoms with Crippen molar-refractivity contribution >= 4 is 15.9 Å². The van der Waals surface area contributed by atoms with Crippen molar-refractivity contribution in [3.05, 3.63) is 34.1 Å². The monoisotopic (exact) mass is 242 g/mol. The number of aliphatic hydroxyl groups excluding tert-OH is 1. The molecule has 0 aliphatic rings. The minimum atomic E-state index is -0.354. The molecule has 1 aromatic carbocycles. The molecular weight excluding hydrogens is 235 g/mol. The molecule has 1 nitrogen and oxygen atoms in total. The van der Waals surface area contributed by atoms with Gasteiger partial charge in [0.2, 0.25) is 0 Å². The van der Waals surface area contributed by atoms with Crippen molar-refractivity contribution in [2.75, 3.05) is 6.61 Å². The van der Waals surface area contributed by atoms with E-state index in [0.29, 0.717) is 16.5 Å². The molecule has 0 aliphatic heterocycles. The molecule has 1 aromatic rings. The molecule has 0 bridgehead atoms. The largest absolute Gasteiger partial charge is 0.395 e. The van der Waals surface area contributed by atoms with Crippen LogP contribution in [0.2, 0.25) is 0 Å². The summed E-state index contributed by atoms with van der Waals surface area (Å²) in [6, 6.07) is 4.94. The van der Waals surface area contributed by atoms with E-state index in [1.807, 2.05) is 0 Å². The summed E-state index contributed by atoms with van der Waals surface area (Å²) in [5.74, 6) is 4.94. The van der Waals surface area contributed by atoms with Crippen LogP contribution < -0.4 is 0 Å². The Morgan fingerprint density at radius 3 is 2.92 bits per heavy atom. The first-order valence-corrected chi connectivity index (χ1v) is 4.58. The third-order valence-corrected chi connectivity index (χ3v) is 2.02. The van der Waals surface area contributed by atoms with Crippen LogP contribution in [0.15, 0.2) is 22.7 Å². The fourth-order valence-electron chi connectivity index (χ4n) is 0.814. The molecule has 0 fully saturated rings. The quantitative estimate of drug-likeness (QED) is 0.750. The molecule has 0 amide bonds. The predicted molar refractivity (Wildman–Crippen MR) is 52.7 cm³/mol. The SMILES string of the molecule is OCCC#Cc1cccc(Br)c1F. The molecule has 0 unspecified atom stereocenters. The summed E-state index contributed by atoms with van der Waals surface area (Å²) in [5, 5.41) is 8.46. The molecular formula is C10H8BrFO. The number of benzene rings is 1. The summed E-state index contributed by atoms with van der Waals surface area (Å²) in [4.78, 5) is 0. The number of halogens is 2. The van der Waals surface area contributed by atoms with Crippen molar-refractivity contribution < 1.29 is 9.50 Å². The van der Waals surface area contributed by atoms with Gasteiger partial charge >= 0.3 is 0 Å². The summed E-state index contributed by atoms with van der Waals surface area (Å²) in [6.07, 6.45) is 0.367. The van der Waals surface area contributed by atoms with Crippen LogP contribution >= 0.6 is 15.9 Å². The Morgan fingerprint density at radius 2 is 2.23 bits per heavy atom. The van der Waals surface area contributed by atoms with Crippen molar-refractivity contribution in [1.82, 2.24) is 0 Å². The maximum atomic E-state index is 13.2. The zero-order valence-corrected chi connectivity index (χ0v) is 8.44. The molecule has 0 spiro atoms. The fourth-order valence-corrected chi connectivity index (χ4v) is 1.18. The second-order valence-electron chi connectivity index (χ2n) is 2.38. The molecule has 0 atom stereocenters. The average molecular weight is 243 g/mol. The molecule has 0 heterocycles. The van der Waals surface area contributed by atoms with E-state index < -0.39 is 0 Å². The van der Waals surface area contributed by atoms with E-state index >= 15 is 0 Å². The first-order valence-electron chi connectivity index (χ1n) is 3.79. The number of hydrogen-bond donors (Lipinski definition) is 1. The Morgan fingerprint density at radius 1 is 1.46 bits per heavy atom. The second kappa shape index (κ2) is 5.00. The van der Waals surface area contributed by atoms with Crippen LogP contribution in [0.25, 0.3) is 0 Å². The van der Waals surface area contributed by atoms with Gasteiger partial charge in [0.25, 0.3) is 0 Å². The van der Waals surface area contributed by atoms with Crippen LogP contribution in [0, 0.1) is 17.7 Å². The highest BCUT2D eigenvalue weighted by molar-refractivity contribution is 9.10. The molecule has 0 radical (unpaired) electrons. The van der Waals surface area contributed by atoms with Crippen LogP contribution in [0.4, 0.5) is 4.39 Å². The van der Waals surface area contributed by atoms with Gasteiger partial charge < -0.3 is 5.11 Å². The molecule has 0 saturated carbocycles. The summed E-state index contributed by atoms with van der Waals surface area (Å²) >= 11 is 3.06. The standard InChI is InChI=1S/C10H8BrFO/c11-9-6-3-5-8(10(9)12)4-1-2-7-13/h3,5-6,13H,2,7H2. The highest BCUT2D eigenvalue weighted by atomic mass is 79.9. The Balaban J connectivity index is 2.91. The molecule has 3 heteroatoms. The molecule has 13 heavy (non-hydrogen) atoms. The van der Waals surface area contributed by atoms with E-state index in [0.717, 1.165) is 0 Å². The Labute approximate surface area is 84.7 Å². The minimum Gasteiger partial charge on any atom is -0.395 e. The minimum absolute atomic E-state index is 0.00260. The highest BCUT2D eigenvalue weighted by Crippen LogP contribution is 2.17. The smallest absolute Gasteiger partial charge is 0.152 e. The van der Waals surface area contributed by atoms with E-state index in [1.165, 1.54) is 0 Å². The molecule has 1 N–H and O–H groups in total. The normalized spacial score (nSPS) is 9.15. The van der Waals surface area contributed by atoms with Crippen LogP contribution in [0.5, 0.6) is 0 Å². The topological polar surface area (TPSA) is 20.2 Å². The van der Waals surface area contributed by atoms with E-state index in [-0.39, 0.29) is 12.4 Å². The van der Waals surface area contributed by atoms with E-state index in [4.69, 9.17) is 5.11 Å². The van der Waals surface area contributed by atoms with Gasteiger partial charge in [0.15, 0.2) is 5.82 Å². The number of rotatable bonds is 1. The summed E-state index contributed by atoms with van der Waals surface area (Å²) in [6.45, 7) is 0.00260. The van der Waals surface area contributed by atoms with E-state index in [2.05, 4.69) is 27.8 Å². The predicted octanol–water partition coefficient (Wildman–Crippen LogP) is 2.32.